The summed E-state index contributed by atoms with van der Waals surface area (Å²) < 4.78 is 0. The topological polar surface area (TPSA) is 57.5 Å². The van der Waals surface area contributed by atoms with Crippen LogP contribution in [0.1, 0.15) is 21.5 Å². The minimum atomic E-state index is -0.927. The van der Waals surface area contributed by atoms with Gasteiger partial charge in [0.1, 0.15) is 5.75 Å². The zero-order valence-electron chi connectivity index (χ0n) is 9.58. The van der Waals surface area contributed by atoms with E-state index < -0.39 is 5.97 Å². The highest BCUT2D eigenvalue weighted by atomic mass is 16.4. The van der Waals surface area contributed by atoms with Gasteiger partial charge in [0.05, 0.1) is 5.56 Å². The van der Waals surface area contributed by atoms with Crippen molar-refractivity contribution in [3.63, 3.8) is 0 Å². The Morgan fingerprint density at radius 1 is 0.833 bits per heavy atom. The van der Waals surface area contributed by atoms with Gasteiger partial charge in [-0.1, -0.05) is 36.4 Å². The van der Waals surface area contributed by atoms with E-state index in [0.717, 1.165) is 11.1 Å². The molecule has 2 rings (SSSR count). The average molecular weight is 240 g/mol. The molecule has 0 fully saturated rings. The van der Waals surface area contributed by atoms with E-state index in [1.807, 2.05) is 12.2 Å². The van der Waals surface area contributed by atoms with Gasteiger partial charge in [0.15, 0.2) is 0 Å². The smallest absolute Gasteiger partial charge is 0.335 e. The first kappa shape index (κ1) is 11.9. The first-order valence-corrected chi connectivity index (χ1v) is 5.45. The third kappa shape index (κ3) is 2.98. The van der Waals surface area contributed by atoms with Gasteiger partial charge in [0.2, 0.25) is 0 Å². The molecule has 3 nitrogen and oxygen atoms in total. The average Bonchev–Trinajstić information content (AvgIpc) is 2.38. The van der Waals surface area contributed by atoms with Crippen molar-refractivity contribution in [2.24, 2.45) is 0 Å². The normalized spacial score (nSPS) is 10.7. The molecule has 0 bridgehead atoms. The molecular weight excluding hydrogens is 228 g/mol. The number of aromatic hydroxyl groups is 1. The highest BCUT2D eigenvalue weighted by molar-refractivity contribution is 5.88. The molecule has 0 heterocycles. The van der Waals surface area contributed by atoms with Crippen molar-refractivity contribution in [1.82, 2.24) is 0 Å². The second kappa shape index (κ2) is 5.19. The standard InChI is InChI=1S/C15H12O3/c16-14-9-5-12(6-10-14)2-1-11-3-7-13(8-4-11)15(17)18/h1-10,16H,(H,17,18)/b2-1+. The van der Waals surface area contributed by atoms with Crippen molar-refractivity contribution in [3.8, 4) is 5.75 Å². The maximum Gasteiger partial charge on any atom is 0.335 e. The lowest BCUT2D eigenvalue weighted by molar-refractivity contribution is 0.0697. The first-order chi connectivity index (χ1) is 8.65. The van der Waals surface area contributed by atoms with Crippen molar-refractivity contribution < 1.29 is 15.0 Å². The summed E-state index contributed by atoms with van der Waals surface area (Å²) in [5, 5.41) is 17.9. The monoisotopic (exact) mass is 240 g/mol. The van der Waals surface area contributed by atoms with Crippen molar-refractivity contribution in [3.05, 3.63) is 65.2 Å². The lowest BCUT2D eigenvalue weighted by atomic mass is 10.1. The van der Waals surface area contributed by atoms with Crippen LogP contribution >= 0.6 is 0 Å². The van der Waals surface area contributed by atoms with E-state index in [1.165, 1.54) is 0 Å². The van der Waals surface area contributed by atoms with Gasteiger partial charge in [-0.25, -0.2) is 4.79 Å². The van der Waals surface area contributed by atoms with Gasteiger partial charge < -0.3 is 10.2 Å². The number of phenols is 1. The number of carboxylic acids is 1. The summed E-state index contributed by atoms with van der Waals surface area (Å²) in [4.78, 5) is 10.7. The molecule has 0 spiro atoms. The van der Waals surface area contributed by atoms with Crippen LogP contribution in [0.2, 0.25) is 0 Å². The predicted molar refractivity (Wildman–Crippen MR) is 70.4 cm³/mol. The molecule has 0 aliphatic rings. The summed E-state index contributed by atoms with van der Waals surface area (Å²) in [7, 11) is 0. The van der Waals surface area contributed by atoms with Crippen LogP contribution in [0, 0.1) is 0 Å². The SMILES string of the molecule is O=C(O)c1ccc(/C=C/c2ccc(O)cc2)cc1. The maximum absolute atomic E-state index is 10.7. The van der Waals surface area contributed by atoms with Crippen LogP contribution in [0.15, 0.2) is 48.5 Å². The molecule has 0 amide bonds. The highest BCUT2D eigenvalue weighted by Gasteiger charge is 1.99. The summed E-state index contributed by atoms with van der Waals surface area (Å²) in [6, 6.07) is 13.5. The fourth-order valence-electron chi connectivity index (χ4n) is 1.51. The number of carboxylic acid groups (broad SMARTS) is 1. The lowest BCUT2D eigenvalue weighted by Gasteiger charge is -1.97. The van der Waals surface area contributed by atoms with Crippen LogP contribution in [0.25, 0.3) is 12.2 Å². The highest BCUT2D eigenvalue weighted by Crippen LogP contribution is 2.13. The molecule has 0 atom stereocenters. The van der Waals surface area contributed by atoms with Gasteiger partial charge in [-0.15, -0.1) is 0 Å². The van der Waals surface area contributed by atoms with E-state index in [0.29, 0.717) is 0 Å². The fourth-order valence-corrected chi connectivity index (χ4v) is 1.51. The number of carbonyl (C=O) groups is 1. The third-order valence-electron chi connectivity index (χ3n) is 2.52. The number of phenolic OH excluding ortho intramolecular Hbond substituents is 1. The molecule has 0 unspecified atom stereocenters. The molecule has 2 aromatic rings. The maximum atomic E-state index is 10.7. The molecular formula is C15H12O3. The van der Waals surface area contributed by atoms with Gasteiger partial charge in [0.25, 0.3) is 0 Å². The Kier molecular flexibility index (Phi) is 3.44. The summed E-state index contributed by atoms with van der Waals surface area (Å²) in [5.41, 5.74) is 2.17. The first-order valence-electron chi connectivity index (χ1n) is 5.45. The van der Waals surface area contributed by atoms with Crippen LogP contribution in [-0.4, -0.2) is 16.2 Å². The van der Waals surface area contributed by atoms with Crippen LogP contribution in [-0.2, 0) is 0 Å². The van der Waals surface area contributed by atoms with Gasteiger partial charge in [-0.2, -0.15) is 0 Å². The Labute approximate surface area is 105 Å². The number of hydrogen-bond donors (Lipinski definition) is 2. The Hall–Kier alpha value is -2.55. The Bertz CT molecular complexity index is 566. The Morgan fingerprint density at radius 3 is 1.72 bits per heavy atom. The zero-order valence-corrected chi connectivity index (χ0v) is 9.58. The van der Waals surface area contributed by atoms with Gasteiger partial charge in [0, 0.05) is 0 Å². The van der Waals surface area contributed by atoms with Crippen molar-refractivity contribution in [2.45, 2.75) is 0 Å². The quantitative estimate of drug-likeness (QED) is 0.809. The summed E-state index contributed by atoms with van der Waals surface area (Å²) >= 11 is 0. The molecule has 2 aromatic carbocycles. The number of rotatable bonds is 3. The van der Waals surface area contributed by atoms with Crippen molar-refractivity contribution >= 4 is 18.1 Å². The molecule has 0 aromatic heterocycles. The molecule has 0 aliphatic carbocycles. The second-order valence-electron chi connectivity index (χ2n) is 3.85. The number of hydrogen-bond acceptors (Lipinski definition) is 2. The van der Waals surface area contributed by atoms with E-state index in [-0.39, 0.29) is 11.3 Å². The fraction of sp³-hybridized carbons (Fsp3) is 0. The largest absolute Gasteiger partial charge is 0.508 e. The molecule has 0 saturated heterocycles. The van der Waals surface area contributed by atoms with Crippen LogP contribution < -0.4 is 0 Å². The summed E-state index contributed by atoms with van der Waals surface area (Å²) in [6.45, 7) is 0. The van der Waals surface area contributed by atoms with Crippen LogP contribution in [0.5, 0.6) is 5.75 Å². The van der Waals surface area contributed by atoms with Crippen molar-refractivity contribution in [2.75, 3.05) is 0 Å². The molecule has 90 valence electrons. The van der Waals surface area contributed by atoms with Crippen LogP contribution in [0.4, 0.5) is 0 Å². The zero-order chi connectivity index (χ0) is 13.0. The minimum Gasteiger partial charge on any atom is -0.508 e. The summed E-state index contributed by atoms with van der Waals surface area (Å²) in [5.74, 6) is -0.693. The van der Waals surface area contributed by atoms with E-state index in [1.54, 1.807) is 48.5 Å². The molecule has 0 saturated carbocycles. The van der Waals surface area contributed by atoms with E-state index in [2.05, 4.69) is 0 Å². The summed E-state index contributed by atoms with van der Waals surface area (Å²) in [6.07, 6.45) is 3.78. The molecule has 18 heavy (non-hydrogen) atoms. The predicted octanol–water partition coefficient (Wildman–Crippen LogP) is 3.26. The molecule has 3 heteroatoms. The van der Waals surface area contributed by atoms with Gasteiger partial charge >= 0.3 is 5.97 Å². The minimum absolute atomic E-state index is 0.234. The number of aromatic carboxylic acids is 1. The molecule has 2 N–H and O–H groups in total. The van der Waals surface area contributed by atoms with Gasteiger partial charge in [-0.05, 0) is 35.4 Å². The third-order valence-corrected chi connectivity index (χ3v) is 2.52. The molecule has 0 radical (unpaired) electrons. The second-order valence-corrected chi connectivity index (χ2v) is 3.85. The number of benzene rings is 2. The lowest BCUT2D eigenvalue weighted by Crippen LogP contribution is -1.94. The van der Waals surface area contributed by atoms with Crippen LogP contribution in [0.3, 0.4) is 0 Å². The van der Waals surface area contributed by atoms with E-state index >= 15 is 0 Å². The van der Waals surface area contributed by atoms with Gasteiger partial charge in [-0.3, -0.25) is 0 Å². The Balaban J connectivity index is 2.13. The van der Waals surface area contributed by atoms with E-state index in [9.17, 15) is 4.79 Å². The van der Waals surface area contributed by atoms with Crippen molar-refractivity contribution in [1.29, 1.82) is 0 Å². The Morgan fingerprint density at radius 2 is 1.28 bits per heavy atom. The molecule has 0 aliphatic heterocycles. The van der Waals surface area contributed by atoms with E-state index in [4.69, 9.17) is 10.2 Å².